The minimum Gasteiger partial charge on any atom is -0.381 e. The molecule has 2 aromatic rings. The number of aryl methyl sites for hydroxylation is 1. The van der Waals surface area contributed by atoms with Crippen molar-refractivity contribution < 1.29 is 28.7 Å². The molecule has 4 N–H and O–H groups in total. The number of nitrogens with zero attached hydrogens (tertiary/aromatic N) is 1. The number of hydroxylamine groups is 1. The Kier molecular flexibility index (Phi) is 7.18. The van der Waals surface area contributed by atoms with Crippen molar-refractivity contribution in [1.29, 1.82) is 0 Å². The first-order chi connectivity index (χ1) is 13.7. The number of carbonyl (C=O) groups is 2. The highest BCUT2D eigenvalue weighted by Gasteiger charge is 2.46. The fourth-order valence-electron chi connectivity index (χ4n) is 2.62. The largest absolute Gasteiger partial charge is 0.381 e. The van der Waals surface area contributed by atoms with Crippen LogP contribution in [0.1, 0.15) is 18.9 Å². The molecule has 0 saturated heterocycles. The van der Waals surface area contributed by atoms with Crippen LogP contribution < -0.4 is 16.4 Å². The lowest BCUT2D eigenvalue weighted by Crippen LogP contribution is -2.61. The number of amides is 2. The number of halogens is 2. The molecule has 156 valence electrons. The Hall–Kier alpha value is -3.11. The molecule has 1 heterocycles. The van der Waals surface area contributed by atoms with E-state index >= 15 is 0 Å². The van der Waals surface area contributed by atoms with Crippen LogP contribution in [-0.4, -0.2) is 44.8 Å². The fourth-order valence-corrected chi connectivity index (χ4v) is 2.62. The molecular weight excluding hydrogens is 388 g/mol. The highest BCUT2D eigenvalue weighted by Crippen LogP contribution is 2.20. The second-order valence-corrected chi connectivity index (χ2v) is 6.58. The Morgan fingerprint density at radius 2 is 1.83 bits per heavy atom. The van der Waals surface area contributed by atoms with Gasteiger partial charge in [-0.25, -0.2) is 14.3 Å². The fraction of sp³-hybridized carbons (Fsp3) is 0.316. The molecule has 2 unspecified atom stereocenters. The van der Waals surface area contributed by atoms with Gasteiger partial charge in [-0.05, 0) is 37.1 Å². The van der Waals surface area contributed by atoms with Crippen LogP contribution >= 0.6 is 0 Å². The maximum absolute atomic E-state index is 13.0. The molecule has 0 radical (unpaired) electrons. The molecule has 1 aromatic carbocycles. The first-order valence-corrected chi connectivity index (χ1v) is 8.67. The number of pyridine rings is 1. The van der Waals surface area contributed by atoms with Crippen molar-refractivity contribution in [3.05, 3.63) is 64.6 Å². The Bertz CT molecular complexity index is 913. The van der Waals surface area contributed by atoms with Crippen molar-refractivity contribution in [2.75, 3.05) is 0 Å². The van der Waals surface area contributed by atoms with Gasteiger partial charge in [0.1, 0.15) is 6.04 Å². The quantitative estimate of drug-likeness (QED) is 0.379. The van der Waals surface area contributed by atoms with Gasteiger partial charge >= 0.3 is 0 Å². The third-order valence-electron chi connectivity index (χ3n) is 4.38. The number of carbonyl (C=O) groups excluding carboxylic acids is 2. The van der Waals surface area contributed by atoms with Crippen molar-refractivity contribution in [2.24, 2.45) is 0 Å². The lowest BCUT2D eigenvalue weighted by atomic mass is 9.96. The average molecular weight is 409 g/mol. The summed E-state index contributed by atoms with van der Waals surface area (Å²) in [6, 6.07) is 9.52. The van der Waals surface area contributed by atoms with Crippen molar-refractivity contribution >= 4 is 11.8 Å². The van der Waals surface area contributed by atoms with Gasteiger partial charge in [0.05, 0.1) is 0 Å². The van der Waals surface area contributed by atoms with Gasteiger partial charge in [-0.15, -0.1) is 0 Å². The molecule has 0 spiro atoms. The van der Waals surface area contributed by atoms with E-state index in [9.17, 15) is 28.3 Å². The number of hydrogen-bond acceptors (Lipinski definition) is 5. The zero-order valence-corrected chi connectivity index (χ0v) is 15.5. The summed E-state index contributed by atoms with van der Waals surface area (Å²) in [6.07, 6.45) is -1.65. The summed E-state index contributed by atoms with van der Waals surface area (Å²) >= 11 is 0. The molecule has 0 aliphatic heterocycles. The lowest BCUT2D eigenvalue weighted by Gasteiger charge is -2.30. The normalized spacial score (nSPS) is 14.1. The molecule has 1 aromatic heterocycles. The van der Waals surface area contributed by atoms with Crippen LogP contribution in [-0.2, 0) is 16.0 Å². The Morgan fingerprint density at radius 3 is 2.38 bits per heavy atom. The Balaban J connectivity index is 2.01. The van der Waals surface area contributed by atoms with Gasteiger partial charge in [0.2, 0.25) is 5.91 Å². The van der Waals surface area contributed by atoms with Crippen LogP contribution in [0.25, 0.3) is 5.69 Å². The highest BCUT2D eigenvalue weighted by atomic mass is 19.3. The molecule has 0 aliphatic carbocycles. The van der Waals surface area contributed by atoms with Crippen LogP contribution in [0, 0.1) is 0 Å². The van der Waals surface area contributed by atoms with E-state index in [2.05, 4.69) is 0 Å². The van der Waals surface area contributed by atoms with Gasteiger partial charge < -0.3 is 10.4 Å². The van der Waals surface area contributed by atoms with Crippen molar-refractivity contribution in [2.45, 2.75) is 37.8 Å². The van der Waals surface area contributed by atoms with Gasteiger partial charge in [0.25, 0.3) is 17.9 Å². The summed E-state index contributed by atoms with van der Waals surface area (Å²) in [5.74, 6) is -2.12. The standard InChI is InChI=1S/C19H21F2N3O5/c1-19(28,18(20)21)16(17(27)23-29)22-14(25)10-7-12-5-8-13(9-6-12)24-11-3-2-4-15(24)26/h2-6,8-9,11,16,18,28-29H,7,10H2,1H3,(H,22,25)(H,23,27). The van der Waals surface area contributed by atoms with Gasteiger partial charge in [0, 0.05) is 24.4 Å². The van der Waals surface area contributed by atoms with E-state index < -0.39 is 29.9 Å². The van der Waals surface area contributed by atoms with E-state index in [1.165, 1.54) is 10.6 Å². The van der Waals surface area contributed by atoms with Crippen LogP contribution in [0.3, 0.4) is 0 Å². The lowest BCUT2D eigenvalue weighted by molar-refractivity contribution is -0.154. The zero-order chi connectivity index (χ0) is 21.6. The topological polar surface area (TPSA) is 121 Å². The molecule has 10 heteroatoms. The van der Waals surface area contributed by atoms with Crippen LogP contribution in [0.5, 0.6) is 0 Å². The van der Waals surface area contributed by atoms with Gasteiger partial charge in [-0.2, -0.15) is 0 Å². The summed E-state index contributed by atoms with van der Waals surface area (Å²) in [5.41, 5.74) is -0.538. The predicted octanol–water partition coefficient (Wildman–Crippen LogP) is 0.776. The minimum absolute atomic E-state index is 0.154. The number of nitrogens with one attached hydrogen (secondary N) is 2. The number of hydrogen-bond donors (Lipinski definition) is 4. The second kappa shape index (κ2) is 9.39. The molecule has 0 saturated carbocycles. The summed E-state index contributed by atoms with van der Waals surface area (Å²) < 4.78 is 27.4. The first-order valence-electron chi connectivity index (χ1n) is 8.67. The Morgan fingerprint density at radius 1 is 1.17 bits per heavy atom. The first kappa shape index (κ1) is 22.2. The molecule has 0 bridgehead atoms. The van der Waals surface area contributed by atoms with Crippen molar-refractivity contribution in [3.8, 4) is 5.69 Å². The predicted molar refractivity (Wildman–Crippen MR) is 98.8 cm³/mol. The van der Waals surface area contributed by atoms with Crippen LogP contribution in [0.4, 0.5) is 8.78 Å². The number of aliphatic hydroxyl groups is 1. The second-order valence-electron chi connectivity index (χ2n) is 6.58. The van der Waals surface area contributed by atoms with E-state index in [0.29, 0.717) is 12.6 Å². The average Bonchev–Trinajstić information content (AvgIpc) is 2.70. The van der Waals surface area contributed by atoms with E-state index in [0.717, 1.165) is 11.0 Å². The summed E-state index contributed by atoms with van der Waals surface area (Å²) in [7, 11) is 0. The van der Waals surface area contributed by atoms with Crippen molar-refractivity contribution in [3.63, 3.8) is 0 Å². The van der Waals surface area contributed by atoms with Crippen LogP contribution in [0.2, 0.25) is 0 Å². The SMILES string of the molecule is CC(O)(C(F)F)C(NC(=O)CCc1ccc(-n2ccccc2=O)cc1)C(=O)NO. The number of benzene rings is 1. The number of rotatable bonds is 8. The third-order valence-corrected chi connectivity index (χ3v) is 4.38. The molecular formula is C19H21F2N3O5. The third kappa shape index (κ3) is 5.46. The zero-order valence-electron chi connectivity index (χ0n) is 15.5. The van der Waals surface area contributed by atoms with E-state index in [-0.39, 0.29) is 18.4 Å². The van der Waals surface area contributed by atoms with Gasteiger partial charge in [-0.1, -0.05) is 18.2 Å². The van der Waals surface area contributed by atoms with Crippen molar-refractivity contribution in [1.82, 2.24) is 15.4 Å². The number of alkyl halides is 2. The monoisotopic (exact) mass is 409 g/mol. The van der Waals surface area contributed by atoms with Gasteiger partial charge in [-0.3, -0.25) is 24.2 Å². The molecule has 29 heavy (non-hydrogen) atoms. The maximum atomic E-state index is 13.0. The molecule has 8 nitrogen and oxygen atoms in total. The molecule has 0 aliphatic rings. The smallest absolute Gasteiger partial charge is 0.269 e. The van der Waals surface area contributed by atoms with Gasteiger partial charge in [0.15, 0.2) is 5.60 Å². The molecule has 0 fully saturated rings. The van der Waals surface area contributed by atoms with E-state index in [1.54, 1.807) is 42.6 Å². The Labute approximate surface area is 164 Å². The molecule has 2 rings (SSSR count). The maximum Gasteiger partial charge on any atom is 0.269 e. The summed E-state index contributed by atoms with van der Waals surface area (Å²) in [6.45, 7) is 0.683. The summed E-state index contributed by atoms with van der Waals surface area (Å²) in [4.78, 5) is 35.5. The van der Waals surface area contributed by atoms with E-state index in [4.69, 9.17) is 5.21 Å². The number of aromatic nitrogens is 1. The molecule has 2 amide bonds. The summed E-state index contributed by atoms with van der Waals surface area (Å²) in [5, 5.41) is 20.5. The van der Waals surface area contributed by atoms with E-state index in [1.807, 2.05) is 5.32 Å². The molecule has 2 atom stereocenters. The highest BCUT2D eigenvalue weighted by molar-refractivity contribution is 5.88. The van der Waals surface area contributed by atoms with Crippen LogP contribution in [0.15, 0.2) is 53.5 Å². The minimum atomic E-state index is -3.33.